The van der Waals surface area contributed by atoms with E-state index in [1.54, 1.807) is 6.20 Å². The first kappa shape index (κ1) is 9.26. The molecule has 0 saturated carbocycles. The molecule has 0 aromatic carbocycles. The summed E-state index contributed by atoms with van der Waals surface area (Å²) >= 11 is 0. The van der Waals surface area contributed by atoms with Crippen LogP contribution in [-0.2, 0) is 6.42 Å². The van der Waals surface area contributed by atoms with E-state index in [9.17, 15) is 0 Å². The first-order chi connectivity index (χ1) is 5.74. The Bertz CT molecular complexity index is 206. The molecule has 2 unspecified atom stereocenters. The summed E-state index contributed by atoms with van der Waals surface area (Å²) in [4.78, 5) is 7.19. The van der Waals surface area contributed by atoms with Crippen LogP contribution in [0.1, 0.15) is 26.1 Å². The van der Waals surface area contributed by atoms with Crippen LogP contribution in [0.3, 0.4) is 0 Å². The van der Waals surface area contributed by atoms with E-state index in [4.69, 9.17) is 5.73 Å². The Morgan fingerprint density at radius 3 is 2.92 bits per heavy atom. The molecule has 0 aliphatic rings. The molecule has 2 atom stereocenters. The first-order valence-electron chi connectivity index (χ1n) is 4.47. The smallest absolute Gasteiger partial charge is 0.107 e. The van der Waals surface area contributed by atoms with Crippen LogP contribution in [0.5, 0.6) is 0 Å². The number of rotatable bonds is 4. The summed E-state index contributed by atoms with van der Waals surface area (Å²) in [6.07, 6.45) is 5.57. The van der Waals surface area contributed by atoms with Gasteiger partial charge in [-0.1, -0.05) is 20.3 Å². The van der Waals surface area contributed by atoms with Crippen LogP contribution in [-0.4, -0.2) is 16.0 Å². The van der Waals surface area contributed by atoms with Crippen LogP contribution in [0.4, 0.5) is 0 Å². The number of nitrogens with two attached hydrogens (primary N) is 1. The van der Waals surface area contributed by atoms with Gasteiger partial charge in [0.05, 0.1) is 0 Å². The van der Waals surface area contributed by atoms with E-state index in [1.807, 2.05) is 6.20 Å². The van der Waals surface area contributed by atoms with Crippen LogP contribution in [0, 0.1) is 5.92 Å². The summed E-state index contributed by atoms with van der Waals surface area (Å²) < 4.78 is 0. The molecule has 0 bridgehead atoms. The van der Waals surface area contributed by atoms with E-state index in [1.165, 1.54) is 0 Å². The molecule has 0 amide bonds. The number of aromatic amines is 1. The molecule has 3 N–H and O–H groups in total. The molecule has 1 heterocycles. The van der Waals surface area contributed by atoms with E-state index in [0.717, 1.165) is 18.7 Å². The maximum atomic E-state index is 5.96. The van der Waals surface area contributed by atoms with Crippen molar-refractivity contribution in [3.8, 4) is 0 Å². The molecule has 1 aromatic heterocycles. The number of hydrogen-bond donors (Lipinski definition) is 2. The third kappa shape index (κ3) is 2.34. The molecule has 0 fully saturated rings. The van der Waals surface area contributed by atoms with Crippen molar-refractivity contribution in [2.75, 3.05) is 0 Å². The van der Waals surface area contributed by atoms with E-state index >= 15 is 0 Å². The minimum absolute atomic E-state index is 0.223. The molecular weight excluding hydrogens is 150 g/mol. The van der Waals surface area contributed by atoms with Gasteiger partial charge < -0.3 is 10.7 Å². The van der Waals surface area contributed by atoms with Gasteiger partial charge >= 0.3 is 0 Å². The van der Waals surface area contributed by atoms with Gasteiger partial charge in [-0.25, -0.2) is 4.98 Å². The third-order valence-electron chi connectivity index (χ3n) is 2.36. The second kappa shape index (κ2) is 4.26. The fourth-order valence-corrected chi connectivity index (χ4v) is 1.14. The molecule has 0 saturated heterocycles. The lowest BCUT2D eigenvalue weighted by Crippen LogP contribution is -2.30. The van der Waals surface area contributed by atoms with Gasteiger partial charge in [0, 0.05) is 24.9 Å². The Morgan fingerprint density at radius 2 is 2.42 bits per heavy atom. The van der Waals surface area contributed by atoms with Crippen molar-refractivity contribution in [3.05, 3.63) is 18.2 Å². The predicted octanol–water partition coefficient (Wildman–Crippen LogP) is 1.33. The molecule has 0 spiro atoms. The topological polar surface area (TPSA) is 54.7 Å². The number of imidazole rings is 1. The van der Waals surface area contributed by atoms with Crippen LogP contribution in [0.15, 0.2) is 12.4 Å². The van der Waals surface area contributed by atoms with Crippen molar-refractivity contribution in [2.45, 2.75) is 32.7 Å². The highest BCUT2D eigenvalue weighted by Crippen LogP contribution is 2.08. The lowest BCUT2D eigenvalue weighted by atomic mass is 9.97. The standard InChI is InChI=1S/C9H17N3/c1-3-7(2)8(10)6-9-11-4-5-12-9/h4-5,7-8H,3,6,10H2,1-2H3,(H,11,12). The summed E-state index contributed by atoms with van der Waals surface area (Å²) in [5, 5.41) is 0. The number of hydrogen-bond acceptors (Lipinski definition) is 2. The van der Waals surface area contributed by atoms with Crippen LogP contribution in [0.2, 0.25) is 0 Å². The Balaban J connectivity index is 2.41. The molecule has 0 aliphatic carbocycles. The summed E-state index contributed by atoms with van der Waals surface area (Å²) in [6.45, 7) is 4.33. The SMILES string of the molecule is CCC(C)C(N)Cc1ncc[nH]1. The van der Waals surface area contributed by atoms with E-state index < -0.39 is 0 Å². The molecular formula is C9H17N3. The minimum atomic E-state index is 0.223. The van der Waals surface area contributed by atoms with Crippen molar-refractivity contribution >= 4 is 0 Å². The lowest BCUT2D eigenvalue weighted by Gasteiger charge is -2.16. The quantitative estimate of drug-likeness (QED) is 0.710. The average Bonchev–Trinajstić information content (AvgIpc) is 2.55. The van der Waals surface area contributed by atoms with Gasteiger partial charge in [-0.15, -0.1) is 0 Å². The maximum Gasteiger partial charge on any atom is 0.107 e. The highest BCUT2D eigenvalue weighted by Gasteiger charge is 2.11. The second-order valence-electron chi connectivity index (χ2n) is 3.29. The normalized spacial score (nSPS) is 15.9. The van der Waals surface area contributed by atoms with Crippen molar-refractivity contribution in [2.24, 2.45) is 11.7 Å². The number of H-pyrrole nitrogens is 1. The highest BCUT2D eigenvalue weighted by molar-refractivity contribution is 4.91. The summed E-state index contributed by atoms with van der Waals surface area (Å²) in [6, 6.07) is 0.223. The second-order valence-corrected chi connectivity index (χ2v) is 3.29. The van der Waals surface area contributed by atoms with Crippen molar-refractivity contribution in [1.29, 1.82) is 0 Å². The number of aromatic nitrogens is 2. The van der Waals surface area contributed by atoms with Gasteiger partial charge in [-0.05, 0) is 5.92 Å². The van der Waals surface area contributed by atoms with Gasteiger partial charge in [-0.3, -0.25) is 0 Å². The van der Waals surface area contributed by atoms with Gasteiger partial charge in [-0.2, -0.15) is 0 Å². The molecule has 12 heavy (non-hydrogen) atoms. The molecule has 68 valence electrons. The van der Waals surface area contributed by atoms with Crippen LogP contribution >= 0.6 is 0 Å². The van der Waals surface area contributed by atoms with Crippen LogP contribution < -0.4 is 5.73 Å². The Morgan fingerprint density at radius 1 is 1.67 bits per heavy atom. The van der Waals surface area contributed by atoms with Gasteiger partial charge in [0.1, 0.15) is 5.82 Å². The van der Waals surface area contributed by atoms with Crippen molar-refractivity contribution < 1.29 is 0 Å². The summed E-state index contributed by atoms with van der Waals surface area (Å²) in [5.41, 5.74) is 5.96. The monoisotopic (exact) mass is 167 g/mol. The van der Waals surface area contributed by atoms with Crippen molar-refractivity contribution in [3.63, 3.8) is 0 Å². The van der Waals surface area contributed by atoms with Gasteiger partial charge in [0.15, 0.2) is 0 Å². The number of nitrogens with one attached hydrogen (secondary N) is 1. The zero-order valence-electron chi connectivity index (χ0n) is 7.75. The number of nitrogens with zero attached hydrogens (tertiary/aromatic N) is 1. The fourth-order valence-electron chi connectivity index (χ4n) is 1.14. The minimum Gasteiger partial charge on any atom is -0.349 e. The van der Waals surface area contributed by atoms with E-state index in [2.05, 4.69) is 23.8 Å². The zero-order valence-corrected chi connectivity index (χ0v) is 7.75. The van der Waals surface area contributed by atoms with Crippen LogP contribution in [0.25, 0.3) is 0 Å². The van der Waals surface area contributed by atoms with Gasteiger partial charge in [0.2, 0.25) is 0 Å². The molecule has 1 aromatic rings. The Hall–Kier alpha value is -0.830. The molecule has 3 nitrogen and oxygen atoms in total. The lowest BCUT2D eigenvalue weighted by molar-refractivity contribution is 0.435. The molecule has 0 aliphatic heterocycles. The summed E-state index contributed by atoms with van der Waals surface area (Å²) in [7, 11) is 0. The Labute approximate surface area is 73.4 Å². The average molecular weight is 167 g/mol. The molecule has 0 radical (unpaired) electrons. The van der Waals surface area contributed by atoms with Crippen molar-refractivity contribution in [1.82, 2.24) is 9.97 Å². The maximum absolute atomic E-state index is 5.96. The molecule has 1 rings (SSSR count). The first-order valence-corrected chi connectivity index (χ1v) is 4.47. The van der Waals surface area contributed by atoms with E-state index in [-0.39, 0.29) is 6.04 Å². The highest BCUT2D eigenvalue weighted by atomic mass is 14.9. The van der Waals surface area contributed by atoms with Gasteiger partial charge in [0.25, 0.3) is 0 Å². The largest absolute Gasteiger partial charge is 0.349 e. The zero-order chi connectivity index (χ0) is 8.97. The van der Waals surface area contributed by atoms with E-state index in [0.29, 0.717) is 5.92 Å². The Kier molecular flexibility index (Phi) is 3.29. The molecule has 3 heteroatoms. The summed E-state index contributed by atoms with van der Waals surface area (Å²) in [5.74, 6) is 1.55. The third-order valence-corrected chi connectivity index (χ3v) is 2.36. The predicted molar refractivity (Wildman–Crippen MR) is 49.7 cm³/mol. The fraction of sp³-hybridized carbons (Fsp3) is 0.667.